The van der Waals surface area contributed by atoms with Crippen molar-refractivity contribution in [3.05, 3.63) is 76.3 Å². The first kappa shape index (κ1) is 16.8. The molecule has 27 heavy (non-hydrogen) atoms. The molecule has 1 amide bonds. The number of hydrogen-bond acceptors (Lipinski definition) is 5. The third-order valence-corrected chi connectivity index (χ3v) is 4.34. The Hall–Kier alpha value is -3.68. The largest absolute Gasteiger partial charge is 0.427 e. The van der Waals surface area contributed by atoms with Gasteiger partial charge in [0.05, 0.1) is 11.8 Å². The molecule has 0 radical (unpaired) electrons. The first-order valence-corrected chi connectivity index (χ1v) is 8.49. The van der Waals surface area contributed by atoms with Crippen LogP contribution in [-0.2, 0) is 4.79 Å². The van der Waals surface area contributed by atoms with Crippen molar-refractivity contribution in [2.24, 2.45) is 5.10 Å². The van der Waals surface area contributed by atoms with Crippen molar-refractivity contribution >= 4 is 17.3 Å². The number of rotatable bonds is 4. The fourth-order valence-electron chi connectivity index (χ4n) is 3.01. The van der Waals surface area contributed by atoms with Gasteiger partial charge in [-0.05, 0) is 45.3 Å². The molecule has 0 saturated carbocycles. The summed E-state index contributed by atoms with van der Waals surface area (Å²) in [7, 11) is 0. The minimum atomic E-state index is -0.434. The summed E-state index contributed by atoms with van der Waals surface area (Å²) in [4.78, 5) is 22.2. The van der Waals surface area contributed by atoms with Gasteiger partial charge in [0.25, 0.3) is 6.20 Å². The number of nitrogens with zero attached hydrogens (tertiary/aromatic N) is 2. The minimum absolute atomic E-state index is 0.0886. The number of amides is 1. The molecule has 8 heteroatoms. The van der Waals surface area contributed by atoms with Gasteiger partial charge in [0, 0.05) is 31.2 Å². The Morgan fingerprint density at radius 2 is 1.93 bits per heavy atom. The van der Waals surface area contributed by atoms with Crippen LogP contribution in [0.25, 0.3) is 5.69 Å². The normalized spacial score (nSPS) is 15.9. The van der Waals surface area contributed by atoms with Gasteiger partial charge < -0.3 is 10.7 Å². The van der Waals surface area contributed by atoms with E-state index in [0.29, 0.717) is 0 Å². The van der Waals surface area contributed by atoms with Crippen molar-refractivity contribution < 1.29 is 14.0 Å². The highest BCUT2D eigenvalue weighted by molar-refractivity contribution is 6.01. The maximum absolute atomic E-state index is 11.1. The smallest absolute Gasteiger partial charge is 0.326 e. The highest BCUT2D eigenvalue weighted by Crippen LogP contribution is 2.25. The van der Waals surface area contributed by atoms with Crippen LogP contribution in [0.15, 0.2) is 69.1 Å². The van der Waals surface area contributed by atoms with E-state index in [-0.39, 0.29) is 11.9 Å². The molecule has 0 fully saturated rings. The molecule has 4 rings (SSSR count). The molecule has 3 N–H and O–H groups in total. The zero-order valence-corrected chi connectivity index (χ0v) is 14.6. The Morgan fingerprint density at radius 3 is 2.56 bits per heavy atom. The number of benzene rings is 2. The highest BCUT2D eigenvalue weighted by Gasteiger charge is 2.22. The van der Waals surface area contributed by atoms with Crippen LogP contribution >= 0.6 is 0 Å². The van der Waals surface area contributed by atoms with E-state index in [2.05, 4.69) is 25.6 Å². The van der Waals surface area contributed by atoms with Gasteiger partial charge in [-0.25, -0.2) is 4.79 Å². The Morgan fingerprint density at radius 1 is 1.19 bits per heavy atom. The van der Waals surface area contributed by atoms with Crippen LogP contribution in [0.5, 0.6) is 0 Å². The minimum Gasteiger partial charge on any atom is -0.326 e. The van der Waals surface area contributed by atoms with E-state index in [9.17, 15) is 9.59 Å². The van der Waals surface area contributed by atoms with Crippen LogP contribution in [0.4, 0.5) is 5.69 Å². The number of hydrogen-bond donors (Lipinski definition) is 3. The van der Waals surface area contributed by atoms with E-state index < -0.39 is 5.63 Å². The molecule has 1 aliphatic heterocycles. The SMILES string of the molecule is CC(=O)Nc1ccc(C2CC(c3ccc(-[n+]4cc(=O)o[nH]4)cc3)=NN2)cc1. The molecule has 0 bridgehead atoms. The molecule has 2 aromatic carbocycles. The molecule has 3 aromatic rings. The number of carbonyl (C=O) groups is 1. The molecule has 0 aliphatic carbocycles. The van der Waals surface area contributed by atoms with Crippen LogP contribution in [0.1, 0.15) is 30.5 Å². The predicted molar refractivity (Wildman–Crippen MR) is 98.6 cm³/mol. The van der Waals surface area contributed by atoms with Gasteiger partial charge in [-0.1, -0.05) is 12.1 Å². The van der Waals surface area contributed by atoms with Crippen LogP contribution in [0.2, 0.25) is 0 Å². The molecule has 1 aliphatic rings. The second-order valence-electron chi connectivity index (χ2n) is 6.31. The number of H-pyrrole nitrogens is 1. The number of nitrogens with one attached hydrogen (secondary N) is 3. The second-order valence-corrected chi connectivity index (χ2v) is 6.31. The Kier molecular flexibility index (Phi) is 4.29. The van der Waals surface area contributed by atoms with Crippen molar-refractivity contribution in [2.75, 3.05) is 5.32 Å². The van der Waals surface area contributed by atoms with Gasteiger partial charge in [-0.15, -0.1) is 0 Å². The molecule has 2 heterocycles. The summed E-state index contributed by atoms with van der Waals surface area (Å²) in [5.41, 5.74) is 7.37. The third kappa shape index (κ3) is 3.64. The second kappa shape index (κ2) is 6.91. The standard InChI is InChI=1S/C19H17N5O3/c1-12(25)20-15-6-2-13(3-7-15)17-10-18(22-21-17)14-4-8-16(9-5-14)24-11-19(26)27-23-24/h2-9,11,17H,10H2,1H3,(H2-,20,21,23,25,26)/p+1. The third-order valence-electron chi connectivity index (χ3n) is 4.34. The van der Waals surface area contributed by atoms with E-state index >= 15 is 0 Å². The lowest BCUT2D eigenvalue weighted by atomic mass is 9.99. The molecule has 8 nitrogen and oxygen atoms in total. The topological polar surface area (TPSA) is 103 Å². The maximum atomic E-state index is 11.1. The molecule has 1 unspecified atom stereocenters. The van der Waals surface area contributed by atoms with E-state index in [0.717, 1.165) is 34.6 Å². The lowest BCUT2D eigenvalue weighted by Gasteiger charge is -2.11. The van der Waals surface area contributed by atoms with Gasteiger partial charge >= 0.3 is 5.63 Å². The van der Waals surface area contributed by atoms with Crippen molar-refractivity contribution in [3.63, 3.8) is 0 Å². The molecular formula is C19H18N5O3+. The average molecular weight is 364 g/mol. The average Bonchev–Trinajstić information content (AvgIpc) is 3.31. The van der Waals surface area contributed by atoms with Crippen LogP contribution in [0, 0.1) is 0 Å². The highest BCUT2D eigenvalue weighted by atomic mass is 16.5. The fourth-order valence-corrected chi connectivity index (χ4v) is 3.01. The zero-order valence-electron chi connectivity index (χ0n) is 14.6. The molecule has 0 spiro atoms. The lowest BCUT2D eigenvalue weighted by Crippen LogP contribution is -2.32. The predicted octanol–water partition coefficient (Wildman–Crippen LogP) is 1.64. The molecule has 1 aromatic heterocycles. The van der Waals surface area contributed by atoms with Gasteiger partial charge in [-0.2, -0.15) is 5.10 Å². The van der Waals surface area contributed by atoms with Crippen LogP contribution in [0.3, 0.4) is 0 Å². The summed E-state index contributed by atoms with van der Waals surface area (Å²) in [5.74, 6) is -0.0894. The zero-order chi connectivity index (χ0) is 18.8. The number of anilines is 1. The number of hydrazone groups is 1. The molecule has 1 atom stereocenters. The van der Waals surface area contributed by atoms with Crippen molar-refractivity contribution in [2.45, 2.75) is 19.4 Å². The van der Waals surface area contributed by atoms with Crippen LogP contribution < -0.4 is 21.0 Å². The Balaban J connectivity index is 1.44. The monoisotopic (exact) mass is 364 g/mol. The van der Waals surface area contributed by atoms with E-state index in [1.54, 1.807) is 0 Å². The van der Waals surface area contributed by atoms with E-state index in [4.69, 9.17) is 0 Å². The summed E-state index contributed by atoms with van der Waals surface area (Å²) in [5, 5.41) is 9.73. The van der Waals surface area contributed by atoms with Crippen molar-refractivity contribution in [1.29, 1.82) is 0 Å². The van der Waals surface area contributed by atoms with Crippen molar-refractivity contribution in [1.82, 2.24) is 10.7 Å². The Labute approximate surface area is 154 Å². The molecule has 136 valence electrons. The molecule has 0 saturated heterocycles. The van der Waals surface area contributed by atoms with Crippen LogP contribution in [-0.4, -0.2) is 16.9 Å². The summed E-state index contributed by atoms with van der Waals surface area (Å²) in [6.07, 6.45) is 2.10. The van der Waals surface area contributed by atoms with Gasteiger partial charge in [-0.3, -0.25) is 9.32 Å². The lowest BCUT2D eigenvalue weighted by molar-refractivity contribution is -0.670. The van der Waals surface area contributed by atoms with Gasteiger partial charge in [0.15, 0.2) is 0 Å². The fraction of sp³-hybridized carbons (Fsp3) is 0.158. The van der Waals surface area contributed by atoms with Gasteiger partial charge in [0.1, 0.15) is 0 Å². The first-order chi connectivity index (χ1) is 13.1. The quantitative estimate of drug-likeness (QED) is 0.612. The number of aromatic nitrogens is 2. The van der Waals surface area contributed by atoms with Crippen molar-refractivity contribution in [3.8, 4) is 5.69 Å². The maximum Gasteiger partial charge on any atom is 0.427 e. The van der Waals surface area contributed by atoms with E-state index in [1.165, 1.54) is 17.8 Å². The van der Waals surface area contributed by atoms with Gasteiger partial charge in [0.2, 0.25) is 11.6 Å². The number of carbonyl (C=O) groups excluding carboxylic acids is 1. The first-order valence-electron chi connectivity index (χ1n) is 8.49. The Bertz CT molecular complexity index is 1050. The number of aromatic amines is 1. The van der Waals surface area contributed by atoms with E-state index in [1.807, 2.05) is 48.5 Å². The summed E-state index contributed by atoms with van der Waals surface area (Å²) in [6.45, 7) is 1.49. The summed E-state index contributed by atoms with van der Waals surface area (Å²) < 4.78 is 6.18. The summed E-state index contributed by atoms with van der Waals surface area (Å²) >= 11 is 0. The summed E-state index contributed by atoms with van der Waals surface area (Å²) in [6, 6.07) is 15.5. The molecular weight excluding hydrogens is 346 g/mol.